The molecule has 1 aromatic carbocycles. The number of aromatic nitrogens is 2. The highest BCUT2D eigenvalue weighted by Crippen LogP contribution is 2.24. The third-order valence-electron chi connectivity index (χ3n) is 5.81. The SMILES string of the molecule is CCN(CC)C(CNC(=NC)N1CCN(c2ncccn2)CC1)c1cccc(OC)c1.I. The third-order valence-corrected chi connectivity index (χ3v) is 5.81. The molecule has 176 valence electrons. The molecule has 1 aromatic heterocycles. The van der Waals surface area contributed by atoms with Crippen molar-refractivity contribution in [1.82, 2.24) is 25.1 Å². The fourth-order valence-electron chi connectivity index (χ4n) is 4.06. The molecule has 0 amide bonds. The normalized spacial score (nSPS) is 15.3. The molecular weight excluding hydrogens is 517 g/mol. The number of methoxy groups -OCH3 is 1. The Bertz CT molecular complexity index is 824. The van der Waals surface area contributed by atoms with Gasteiger partial charge >= 0.3 is 0 Å². The molecule has 1 aliphatic heterocycles. The summed E-state index contributed by atoms with van der Waals surface area (Å²) in [5, 5.41) is 3.62. The summed E-state index contributed by atoms with van der Waals surface area (Å²) in [7, 11) is 3.57. The highest BCUT2D eigenvalue weighted by molar-refractivity contribution is 14.0. The maximum Gasteiger partial charge on any atom is 0.225 e. The van der Waals surface area contributed by atoms with Crippen molar-refractivity contribution in [2.45, 2.75) is 19.9 Å². The largest absolute Gasteiger partial charge is 0.497 e. The molecular formula is C23H36IN7O. The molecule has 0 spiro atoms. The van der Waals surface area contributed by atoms with Crippen molar-refractivity contribution >= 4 is 35.9 Å². The fourth-order valence-corrected chi connectivity index (χ4v) is 4.06. The van der Waals surface area contributed by atoms with Crippen LogP contribution in [0.3, 0.4) is 0 Å². The van der Waals surface area contributed by atoms with Gasteiger partial charge in [0.05, 0.1) is 13.2 Å². The van der Waals surface area contributed by atoms with Gasteiger partial charge in [-0.25, -0.2) is 9.97 Å². The summed E-state index contributed by atoms with van der Waals surface area (Å²) in [6.45, 7) is 10.7. The number of likely N-dealkylation sites (N-methyl/N-ethyl adjacent to an activating group) is 1. The number of anilines is 1. The van der Waals surface area contributed by atoms with Crippen molar-refractivity contribution in [2.24, 2.45) is 4.99 Å². The molecule has 3 rings (SSSR count). The minimum absolute atomic E-state index is 0. The highest BCUT2D eigenvalue weighted by Gasteiger charge is 2.23. The van der Waals surface area contributed by atoms with Gasteiger partial charge < -0.3 is 19.9 Å². The standard InChI is InChI=1S/C23H35N7O.HI/c1-5-28(6-2)21(19-9-7-10-20(17-19)31-4)18-27-22(24-3)29-13-15-30(16-14-29)23-25-11-8-12-26-23;/h7-12,17,21H,5-6,13-16,18H2,1-4H3,(H,24,27);1H. The lowest BCUT2D eigenvalue weighted by molar-refractivity contribution is 0.216. The Morgan fingerprint density at radius 2 is 1.81 bits per heavy atom. The van der Waals surface area contributed by atoms with Gasteiger partial charge in [0.15, 0.2) is 5.96 Å². The van der Waals surface area contributed by atoms with Crippen LogP contribution in [0.5, 0.6) is 5.75 Å². The highest BCUT2D eigenvalue weighted by atomic mass is 127. The number of piperazine rings is 1. The molecule has 8 nitrogen and oxygen atoms in total. The Balaban J connectivity index is 0.00000363. The molecule has 1 unspecified atom stereocenters. The number of halogens is 1. The fraction of sp³-hybridized carbons (Fsp3) is 0.522. The van der Waals surface area contributed by atoms with Crippen LogP contribution >= 0.6 is 24.0 Å². The van der Waals surface area contributed by atoms with Gasteiger partial charge in [-0.05, 0) is 36.9 Å². The lowest BCUT2D eigenvalue weighted by atomic mass is 10.0. The number of guanidine groups is 1. The number of aliphatic imine (C=N–C) groups is 1. The lowest BCUT2D eigenvalue weighted by Crippen LogP contribution is -2.53. The van der Waals surface area contributed by atoms with Gasteiger partial charge in [-0.1, -0.05) is 26.0 Å². The topological polar surface area (TPSA) is 69.1 Å². The van der Waals surface area contributed by atoms with Gasteiger partial charge in [-0.15, -0.1) is 24.0 Å². The van der Waals surface area contributed by atoms with E-state index in [0.717, 1.165) is 63.5 Å². The summed E-state index contributed by atoms with van der Waals surface area (Å²) in [5.41, 5.74) is 1.25. The van der Waals surface area contributed by atoms with Crippen molar-refractivity contribution in [3.05, 3.63) is 48.3 Å². The maximum absolute atomic E-state index is 5.45. The first kappa shape index (κ1) is 26.1. The van der Waals surface area contributed by atoms with Crippen LogP contribution in [-0.2, 0) is 0 Å². The summed E-state index contributed by atoms with van der Waals surface area (Å²) in [4.78, 5) is 20.3. The van der Waals surface area contributed by atoms with E-state index in [0.29, 0.717) is 0 Å². The van der Waals surface area contributed by atoms with Gasteiger partial charge in [0.2, 0.25) is 5.95 Å². The summed E-state index contributed by atoms with van der Waals surface area (Å²) < 4.78 is 5.45. The molecule has 32 heavy (non-hydrogen) atoms. The zero-order chi connectivity index (χ0) is 22.1. The monoisotopic (exact) mass is 553 g/mol. The predicted octanol–water partition coefficient (Wildman–Crippen LogP) is 2.88. The molecule has 0 aliphatic carbocycles. The molecule has 2 aromatic rings. The Morgan fingerprint density at radius 1 is 1.12 bits per heavy atom. The van der Waals surface area contributed by atoms with Crippen LogP contribution in [0.1, 0.15) is 25.5 Å². The average Bonchev–Trinajstić information content (AvgIpc) is 2.84. The van der Waals surface area contributed by atoms with Crippen LogP contribution in [0.4, 0.5) is 5.95 Å². The molecule has 1 fully saturated rings. The summed E-state index contributed by atoms with van der Waals surface area (Å²) in [5.74, 6) is 2.62. The summed E-state index contributed by atoms with van der Waals surface area (Å²) >= 11 is 0. The minimum Gasteiger partial charge on any atom is -0.497 e. The molecule has 0 radical (unpaired) electrons. The number of nitrogens with zero attached hydrogens (tertiary/aromatic N) is 6. The Kier molecular flexibility index (Phi) is 10.9. The van der Waals surface area contributed by atoms with Gasteiger partial charge in [0.1, 0.15) is 5.75 Å². The van der Waals surface area contributed by atoms with E-state index in [1.165, 1.54) is 5.56 Å². The van der Waals surface area contributed by atoms with E-state index < -0.39 is 0 Å². The van der Waals surface area contributed by atoms with Crippen molar-refractivity contribution in [1.29, 1.82) is 0 Å². The van der Waals surface area contributed by atoms with Gasteiger partial charge in [-0.3, -0.25) is 9.89 Å². The zero-order valence-electron chi connectivity index (χ0n) is 19.6. The van der Waals surface area contributed by atoms with E-state index in [-0.39, 0.29) is 30.0 Å². The van der Waals surface area contributed by atoms with E-state index in [1.807, 2.05) is 19.2 Å². The molecule has 1 atom stereocenters. The first-order chi connectivity index (χ1) is 15.2. The number of rotatable bonds is 8. The van der Waals surface area contributed by atoms with E-state index in [1.54, 1.807) is 19.5 Å². The van der Waals surface area contributed by atoms with Gasteiger partial charge in [0, 0.05) is 52.2 Å². The van der Waals surface area contributed by atoms with Crippen LogP contribution in [0.2, 0.25) is 0 Å². The zero-order valence-corrected chi connectivity index (χ0v) is 21.9. The van der Waals surface area contributed by atoms with Gasteiger partial charge in [0.25, 0.3) is 0 Å². The van der Waals surface area contributed by atoms with Crippen LogP contribution < -0.4 is 15.0 Å². The van der Waals surface area contributed by atoms with E-state index in [9.17, 15) is 0 Å². The second kappa shape index (κ2) is 13.4. The molecule has 9 heteroatoms. The summed E-state index contributed by atoms with van der Waals surface area (Å²) in [6, 6.07) is 10.4. The summed E-state index contributed by atoms with van der Waals surface area (Å²) in [6.07, 6.45) is 3.59. The molecule has 0 saturated carbocycles. The Morgan fingerprint density at radius 3 is 2.41 bits per heavy atom. The van der Waals surface area contributed by atoms with Crippen LogP contribution in [0.25, 0.3) is 0 Å². The quantitative estimate of drug-likeness (QED) is 0.307. The average molecular weight is 553 g/mol. The molecule has 2 heterocycles. The molecule has 1 saturated heterocycles. The van der Waals surface area contributed by atoms with Crippen molar-refractivity contribution in [3.63, 3.8) is 0 Å². The molecule has 1 N–H and O–H groups in total. The smallest absolute Gasteiger partial charge is 0.225 e. The van der Waals surface area contributed by atoms with E-state index in [2.05, 4.69) is 67.0 Å². The van der Waals surface area contributed by atoms with Crippen molar-refractivity contribution in [3.8, 4) is 5.75 Å². The Labute approximate surface area is 209 Å². The molecule has 0 bridgehead atoms. The van der Waals surface area contributed by atoms with E-state index in [4.69, 9.17) is 4.74 Å². The van der Waals surface area contributed by atoms with Crippen LogP contribution in [-0.4, -0.2) is 85.7 Å². The number of hydrogen-bond donors (Lipinski definition) is 1. The number of hydrogen-bond acceptors (Lipinski definition) is 6. The lowest BCUT2D eigenvalue weighted by Gasteiger charge is -2.37. The van der Waals surface area contributed by atoms with Gasteiger partial charge in [-0.2, -0.15) is 0 Å². The second-order valence-corrected chi connectivity index (χ2v) is 7.46. The van der Waals surface area contributed by atoms with Crippen molar-refractivity contribution < 1.29 is 4.74 Å². The number of ether oxygens (including phenoxy) is 1. The second-order valence-electron chi connectivity index (χ2n) is 7.46. The number of benzene rings is 1. The first-order valence-corrected chi connectivity index (χ1v) is 11.1. The minimum atomic E-state index is 0. The van der Waals surface area contributed by atoms with Crippen LogP contribution in [0.15, 0.2) is 47.7 Å². The number of nitrogens with one attached hydrogen (secondary N) is 1. The van der Waals surface area contributed by atoms with E-state index >= 15 is 0 Å². The van der Waals surface area contributed by atoms with Crippen molar-refractivity contribution in [2.75, 3.05) is 64.9 Å². The third kappa shape index (κ3) is 6.68. The maximum atomic E-state index is 5.45. The predicted molar refractivity (Wildman–Crippen MR) is 141 cm³/mol. The Hall–Kier alpha value is -2.14. The molecule has 1 aliphatic rings. The van der Waals surface area contributed by atoms with Crippen LogP contribution in [0, 0.1) is 0 Å². The first-order valence-electron chi connectivity index (χ1n) is 11.1.